The van der Waals surface area contributed by atoms with Crippen molar-refractivity contribution >= 4 is 23.2 Å². The lowest BCUT2D eigenvalue weighted by atomic mass is 9.84. The van der Waals surface area contributed by atoms with Crippen molar-refractivity contribution in [3.8, 4) is 0 Å². The largest absolute Gasteiger partial charge is 0.381 e. The Balaban J connectivity index is 1.45. The van der Waals surface area contributed by atoms with E-state index in [-0.39, 0.29) is 23.8 Å². The van der Waals surface area contributed by atoms with Gasteiger partial charge in [-0.25, -0.2) is 0 Å². The highest BCUT2D eigenvalue weighted by Gasteiger charge is 2.35. The molecule has 2 amide bonds. The van der Waals surface area contributed by atoms with Crippen LogP contribution >= 0.6 is 11.3 Å². The highest BCUT2D eigenvalue weighted by Crippen LogP contribution is 2.29. The van der Waals surface area contributed by atoms with E-state index >= 15 is 0 Å². The monoisotopic (exact) mass is 426 g/mol. The molecule has 0 saturated carbocycles. The van der Waals surface area contributed by atoms with Crippen LogP contribution in [-0.2, 0) is 16.0 Å². The van der Waals surface area contributed by atoms with Crippen molar-refractivity contribution in [1.29, 1.82) is 0 Å². The van der Waals surface area contributed by atoms with E-state index < -0.39 is 0 Å². The van der Waals surface area contributed by atoms with Crippen molar-refractivity contribution in [2.24, 2.45) is 11.8 Å². The molecule has 0 aliphatic carbocycles. The zero-order valence-electron chi connectivity index (χ0n) is 17.5. The Morgan fingerprint density at radius 2 is 1.90 bits per heavy atom. The van der Waals surface area contributed by atoms with E-state index in [1.807, 2.05) is 40.4 Å². The van der Waals surface area contributed by atoms with Crippen LogP contribution in [0.3, 0.4) is 0 Å². The Bertz CT molecular complexity index is 825. The smallest absolute Gasteiger partial charge is 0.263 e. The zero-order valence-corrected chi connectivity index (χ0v) is 18.4. The minimum absolute atomic E-state index is 0.0322. The number of thiophene rings is 1. The van der Waals surface area contributed by atoms with Crippen molar-refractivity contribution in [3.05, 3.63) is 58.3 Å². The number of amides is 2. The van der Waals surface area contributed by atoms with E-state index in [9.17, 15) is 9.59 Å². The molecule has 160 valence electrons. The summed E-state index contributed by atoms with van der Waals surface area (Å²) in [5.74, 6) is 0.744. The summed E-state index contributed by atoms with van der Waals surface area (Å²) in [6.07, 6.45) is 3.54. The maximum Gasteiger partial charge on any atom is 0.263 e. The van der Waals surface area contributed by atoms with Gasteiger partial charge in [0.25, 0.3) is 5.91 Å². The minimum Gasteiger partial charge on any atom is -0.381 e. The molecule has 5 nitrogen and oxygen atoms in total. The van der Waals surface area contributed by atoms with Crippen molar-refractivity contribution in [3.63, 3.8) is 0 Å². The molecule has 2 atom stereocenters. The van der Waals surface area contributed by atoms with Gasteiger partial charge >= 0.3 is 0 Å². The van der Waals surface area contributed by atoms with Gasteiger partial charge in [-0.05, 0) is 48.6 Å². The highest BCUT2D eigenvalue weighted by molar-refractivity contribution is 7.12. The molecule has 0 spiro atoms. The van der Waals surface area contributed by atoms with Crippen LogP contribution < -0.4 is 0 Å². The lowest BCUT2D eigenvalue weighted by Gasteiger charge is -2.40. The lowest BCUT2D eigenvalue weighted by molar-refractivity contribution is -0.137. The summed E-state index contributed by atoms with van der Waals surface area (Å²) in [4.78, 5) is 30.6. The molecule has 0 unspecified atom stereocenters. The first kappa shape index (κ1) is 21.1. The number of hydrogen-bond acceptors (Lipinski definition) is 4. The molecular weight excluding hydrogens is 396 g/mol. The second-order valence-electron chi connectivity index (χ2n) is 8.37. The standard InChI is InChI=1S/C24H30N2O3S/c1-25(24(28)22-8-5-15-30-22)21(16-18-6-3-2-4-7-18)19-9-12-26(13-10-19)23(27)20-11-14-29-17-20/h2-8,15,19-21H,9-14,16-17H2,1H3/t20-,21-/m1/s1. The number of carbonyl (C=O) groups excluding carboxylic acids is 2. The average Bonchev–Trinajstić information content (AvgIpc) is 3.51. The van der Waals surface area contributed by atoms with Gasteiger partial charge in [-0.2, -0.15) is 0 Å². The van der Waals surface area contributed by atoms with Gasteiger partial charge in [0.2, 0.25) is 5.91 Å². The van der Waals surface area contributed by atoms with Crippen LogP contribution in [0.25, 0.3) is 0 Å². The van der Waals surface area contributed by atoms with Gasteiger partial charge < -0.3 is 14.5 Å². The third-order valence-corrected chi connectivity index (χ3v) is 7.37. The van der Waals surface area contributed by atoms with Crippen molar-refractivity contribution in [2.45, 2.75) is 31.7 Å². The summed E-state index contributed by atoms with van der Waals surface area (Å²) in [5.41, 5.74) is 1.25. The first-order valence-corrected chi connectivity index (χ1v) is 11.7. The molecular formula is C24H30N2O3S. The molecule has 6 heteroatoms. The van der Waals surface area contributed by atoms with Crippen LogP contribution in [0.5, 0.6) is 0 Å². The lowest BCUT2D eigenvalue weighted by Crippen LogP contribution is -2.49. The van der Waals surface area contributed by atoms with Gasteiger partial charge in [-0.3, -0.25) is 9.59 Å². The highest BCUT2D eigenvalue weighted by atomic mass is 32.1. The number of carbonyl (C=O) groups is 2. The minimum atomic E-state index is 0.0322. The van der Waals surface area contributed by atoms with E-state index in [0.29, 0.717) is 19.1 Å². The molecule has 2 fully saturated rings. The van der Waals surface area contributed by atoms with Crippen molar-refractivity contribution in [1.82, 2.24) is 9.80 Å². The van der Waals surface area contributed by atoms with Gasteiger partial charge in [0.05, 0.1) is 17.4 Å². The summed E-state index contributed by atoms with van der Waals surface area (Å²) in [6.45, 7) is 2.80. The Morgan fingerprint density at radius 1 is 1.13 bits per heavy atom. The number of benzene rings is 1. The summed E-state index contributed by atoms with van der Waals surface area (Å²) in [5, 5.41) is 1.95. The predicted molar refractivity (Wildman–Crippen MR) is 119 cm³/mol. The number of piperidine rings is 1. The van der Waals surface area contributed by atoms with E-state index in [4.69, 9.17) is 4.74 Å². The van der Waals surface area contributed by atoms with E-state index in [2.05, 4.69) is 24.3 Å². The van der Waals surface area contributed by atoms with Gasteiger partial charge in [0, 0.05) is 32.8 Å². The molecule has 2 aromatic rings. The Hall–Kier alpha value is -2.18. The topological polar surface area (TPSA) is 49.9 Å². The fraction of sp³-hybridized carbons (Fsp3) is 0.500. The van der Waals surface area contributed by atoms with Crippen LogP contribution in [0.1, 0.15) is 34.5 Å². The van der Waals surface area contributed by atoms with E-state index in [0.717, 1.165) is 43.6 Å². The summed E-state index contributed by atoms with van der Waals surface area (Å²) >= 11 is 1.49. The normalized spacial score (nSPS) is 20.8. The fourth-order valence-electron chi connectivity index (χ4n) is 4.69. The summed E-state index contributed by atoms with van der Waals surface area (Å²) < 4.78 is 5.40. The van der Waals surface area contributed by atoms with E-state index in [1.54, 1.807) is 0 Å². The fourth-order valence-corrected chi connectivity index (χ4v) is 5.40. The molecule has 3 heterocycles. The zero-order chi connectivity index (χ0) is 20.9. The van der Waals surface area contributed by atoms with Crippen LogP contribution in [0.15, 0.2) is 47.8 Å². The maximum absolute atomic E-state index is 13.1. The number of ether oxygens (including phenoxy) is 1. The number of likely N-dealkylation sites (tertiary alicyclic amines) is 1. The van der Waals surface area contributed by atoms with Crippen molar-refractivity contribution in [2.75, 3.05) is 33.4 Å². The second kappa shape index (κ2) is 9.75. The molecule has 2 saturated heterocycles. The van der Waals surface area contributed by atoms with Crippen molar-refractivity contribution < 1.29 is 14.3 Å². The summed E-state index contributed by atoms with van der Waals surface area (Å²) in [7, 11) is 1.93. The quantitative estimate of drug-likeness (QED) is 0.708. The van der Waals surface area contributed by atoms with Crippen LogP contribution in [-0.4, -0.2) is 61.0 Å². The van der Waals surface area contributed by atoms with Gasteiger partial charge in [-0.1, -0.05) is 36.4 Å². The first-order valence-electron chi connectivity index (χ1n) is 10.8. The SMILES string of the molecule is CN(C(=O)c1cccs1)[C@H](Cc1ccccc1)C1CCN(C(=O)[C@@H]2CCOC2)CC1. The van der Waals surface area contributed by atoms with Crippen LogP contribution in [0.4, 0.5) is 0 Å². The number of nitrogens with zero attached hydrogens (tertiary/aromatic N) is 2. The molecule has 0 bridgehead atoms. The third-order valence-electron chi connectivity index (χ3n) is 6.51. The summed E-state index contributed by atoms with van der Waals surface area (Å²) in [6, 6.07) is 14.3. The second-order valence-corrected chi connectivity index (χ2v) is 9.32. The number of rotatable bonds is 6. The van der Waals surface area contributed by atoms with E-state index in [1.165, 1.54) is 16.9 Å². The Kier molecular flexibility index (Phi) is 6.85. The molecule has 1 aromatic carbocycles. The molecule has 0 N–H and O–H groups in total. The average molecular weight is 427 g/mol. The van der Waals surface area contributed by atoms with Gasteiger partial charge in [0.15, 0.2) is 0 Å². The van der Waals surface area contributed by atoms with Gasteiger partial charge in [-0.15, -0.1) is 11.3 Å². The maximum atomic E-state index is 13.1. The molecule has 2 aliphatic heterocycles. The third kappa shape index (κ3) is 4.76. The molecule has 1 aromatic heterocycles. The molecule has 2 aliphatic rings. The number of likely N-dealkylation sites (N-methyl/N-ethyl adjacent to an activating group) is 1. The Labute approximate surface area is 182 Å². The Morgan fingerprint density at radius 3 is 2.53 bits per heavy atom. The van der Waals surface area contributed by atoms with Crippen LogP contribution in [0.2, 0.25) is 0 Å². The molecule has 30 heavy (non-hydrogen) atoms. The van der Waals surface area contributed by atoms with Crippen LogP contribution in [0, 0.1) is 11.8 Å². The first-order chi connectivity index (χ1) is 14.6. The van der Waals surface area contributed by atoms with Gasteiger partial charge in [0.1, 0.15) is 0 Å². The number of hydrogen-bond donors (Lipinski definition) is 0. The predicted octanol–water partition coefficient (Wildman–Crippen LogP) is 3.71. The molecule has 4 rings (SSSR count). The molecule has 0 radical (unpaired) electrons.